The third kappa shape index (κ3) is 3.76. The molecule has 1 fully saturated rings. The van der Waals surface area contributed by atoms with Gasteiger partial charge >= 0.3 is 13.5 Å². The van der Waals surface area contributed by atoms with Gasteiger partial charge < -0.3 is 19.5 Å². The van der Waals surface area contributed by atoms with Crippen molar-refractivity contribution >= 4 is 20.0 Å². The van der Waals surface area contributed by atoms with Crippen LogP contribution in [0, 0.1) is 11.6 Å². The highest BCUT2D eigenvalue weighted by Crippen LogP contribution is 2.55. The molecule has 2 aromatic rings. The number of aromatic amines is 1. The van der Waals surface area contributed by atoms with Crippen LogP contribution in [0.2, 0.25) is 0 Å². The van der Waals surface area contributed by atoms with Gasteiger partial charge in [0.25, 0.3) is 5.85 Å². The minimum atomic E-state index is -4.29. The van der Waals surface area contributed by atoms with Crippen molar-refractivity contribution in [3.05, 3.63) is 56.7 Å². The zero-order valence-electron chi connectivity index (χ0n) is 16.5. The van der Waals surface area contributed by atoms with Crippen LogP contribution >= 0.6 is 20.0 Å². The molecular weight excluding hydrogens is 442 g/mol. The molecule has 0 aliphatic carbocycles. The van der Waals surface area contributed by atoms with Gasteiger partial charge in [-0.15, -0.1) is 0 Å². The predicted molar refractivity (Wildman–Crippen MR) is 102 cm³/mol. The average Bonchev–Trinajstić information content (AvgIpc) is 2.90. The van der Waals surface area contributed by atoms with Crippen molar-refractivity contribution in [1.29, 1.82) is 0 Å². The van der Waals surface area contributed by atoms with Crippen molar-refractivity contribution < 1.29 is 38.8 Å². The third-order valence-corrected chi connectivity index (χ3v) is 6.34. The minimum Gasteiger partial charge on any atom is -0.404 e. The van der Waals surface area contributed by atoms with Gasteiger partial charge in [0.15, 0.2) is 6.20 Å². The van der Waals surface area contributed by atoms with Crippen LogP contribution in [0.4, 0.5) is 4.39 Å². The Labute approximate surface area is 175 Å². The Balaban J connectivity index is 1.57. The van der Waals surface area contributed by atoms with Crippen molar-refractivity contribution in [3.8, 4) is 5.75 Å². The molecule has 4 rings (SSSR count). The first-order valence-electron chi connectivity index (χ1n) is 9.22. The molecule has 2 aliphatic heterocycles. The summed E-state index contributed by atoms with van der Waals surface area (Å²) in [5, 5.41) is 20.6. The van der Waals surface area contributed by atoms with Gasteiger partial charge in [-0.05, 0) is 13.0 Å². The maximum Gasteiger partial charge on any atom is 0.530 e. The molecule has 1 saturated heterocycles. The summed E-state index contributed by atoms with van der Waals surface area (Å²) in [6.45, 7) is 0.171. The van der Waals surface area contributed by atoms with Gasteiger partial charge in [0, 0.05) is 17.3 Å². The van der Waals surface area contributed by atoms with Crippen LogP contribution < -0.4 is 10.2 Å². The number of phosphoric ester groups is 1. The molecule has 3 N–H and O–H groups in total. The Kier molecular flexibility index (Phi) is 5.10. The van der Waals surface area contributed by atoms with E-state index in [4.69, 9.17) is 31.9 Å². The number of nitrogens with zero attached hydrogens (tertiary/aromatic N) is 1. The number of hydrogen-bond acceptors (Lipinski definition) is 9. The number of halogens is 1. The number of ether oxygens (including phenoxy) is 1. The second-order valence-corrected chi connectivity index (χ2v) is 8.75. The highest BCUT2D eigenvalue weighted by atomic mass is 32.1. The summed E-state index contributed by atoms with van der Waals surface area (Å²) < 4.78 is 57.3. The highest BCUT2D eigenvalue weighted by molar-refractivity contribution is 7.71. The van der Waals surface area contributed by atoms with E-state index in [9.17, 15) is 19.6 Å². The Morgan fingerprint density at radius 1 is 1.50 bits per heavy atom. The van der Waals surface area contributed by atoms with Crippen LogP contribution in [-0.4, -0.2) is 44.4 Å². The van der Waals surface area contributed by atoms with Crippen LogP contribution in [0.25, 0.3) is 0 Å². The van der Waals surface area contributed by atoms with E-state index in [1.807, 2.05) is 0 Å². The zero-order chi connectivity index (χ0) is 22.6. The fraction of sp³-hybridized carbons (Fsp3) is 0.412. The van der Waals surface area contributed by atoms with Crippen molar-refractivity contribution in [3.63, 3.8) is 0 Å². The molecule has 1 aromatic heterocycles. The molecule has 1 aromatic carbocycles. The smallest absolute Gasteiger partial charge is 0.404 e. The number of fused-ring (bicyclic) bond motifs is 1. The van der Waals surface area contributed by atoms with Gasteiger partial charge in [-0.3, -0.25) is 18.6 Å². The molecule has 5 atom stereocenters. The van der Waals surface area contributed by atoms with Crippen LogP contribution in [0.3, 0.4) is 0 Å². The molecule has 2 aliphatic rings. The van der Waals surface area contributed by atoms with Gasteiger partial charge in [0.1, 0.15) is 29.2 Å². The van der Waals surface area contributed by atoms with Crippen molar-refractivity contribution in [2.45, 2.75) is 37.8 Å². The molecule has 0 amide bonds. The zero-order valence-corrected chi connectivity index (χ0v) is 17.2. The number of nitrogens with one attached hydrogen (secondary N) is 1. The van der Waals surface area contributed by atoms with E-state index in [1.54, 1.807) is 18.2 Å². The number of para-hydroxylation sites is 1. The third-order valence-electron chi connectivity index (χ3n) is 4.61. The quantitative estimate of drug-likeness (QED) is 0.461. The van der Waals surface area contributed by atoms with Gasteiger partial charge in [0.2, 0.25) is 0 Å². The van der Waals surface area contributed by atoms with E-state index >= 15 is 4.39 Å². The van der Waals surface area contributed by atoms with Crippen LogP contribution in [0.5, 0.6) is 5.75 Å². The van der Waals surface area contributed by atoms with Crippen molar-refractivity contribution in [1.82, 2.24) is 9.55 Å². The largest absolute Gasteiger partial charge is 0.530 e. The summed E-state index contributed by atoms with van der Waals surface area (Å²) in [4.78, 5) is 14.5. The Hall–Kier alpha value is -1.92. The van der Waals surface area contributed by atoms with Gasteiger partial charge in [-0.2, -0.15) is 0 Å². The van der Waals surface area contributed by atoms with E-state index < -0.39 is 44.4 Å². The van der Waals surface area contributed by atoms with Gasteiger partial charge in [0.05, 0.1) is 7.98 Å². The summed E-state index contributed by atoms with van der Waals surface area (Å²) >= 11 is 4.93. The number of benzene rings is 1. The first kappa shape index (κ1) is 20.0. The Morgan fingerprint density at radius 2 is 2.23 bits per heavy atom. The SMILES string of the molecule is [2H][C@@]1(n2cc(C)c(=S)[nH]c2=O)O[C@](F)(COP2(=O)OCc3ccccc3O2)[C@@H](O)[C@H]1O. The molecule has 162 valence electrons. The topological polar surface area (TPSA) is 132 Å². The first-order chi connectivity index (χ1) is 14.5. The fourth-order valence-corrected chi connectivity index (χ4v) is 4.31. The number of rotatable bonds is 4. The first-order valence-corrected chi connectivity index (χ1v) is 10.6. The van der Waals surface area contributed by atoms with Gasteiger partial charge in [-0.25, -0.2) is 13.8 Å². The number of alkyl halides is 1. The lowest BCUT2D eigenvalue weighted by atomic mass is 10.1. The summed E-state index contributed by atoms with van der Waals surface area (Å²) in [6, 6.07) is 6.54. The number of aryl methyl sites for hydroxylation is 1. The van der Waals surface area contributed by atoms with Crippen LogP contribution in [-0.2, 0) is 25.0 Å². The Morgan fingerprint density at radius 3 is 3.00 bits per heavy atom. The van der Waals surface area contributed by atoms with Gasteiger partial charge in [-0.1, -0.05) is 30.4 Å². The molecule has 13 heteroatoms. The number of hydrogen-bond donors (Lipinski definition) is 3. The van der Waals surface area contributed by atoms with E-state index in [2.05, 4.69) is 4.98 Å². The second-order valence-electron chi connectivity index (χ2n) is 6.75. The molecule has 0 bridgehead atoms. The summed E-state index contributed by atoms with van der Waals surface area (Å²) in [6.07, 6.45) is -6.22. The fourth-order valence-electron chi connectivity index (χ4n) is 2.94. The molecule has 0 spiro atoms. The lowest BCUT2D eigenvalue weighted by Gasteiger charge is -2.28. The summed E-state index contributed by atoms with van der Waals surface area (Å²) in [5.74, 6) is -3.00. The maximum atomic E-state index is 15.4. The van der Waals surface area contributed by atoms with E-state index in [1.165, 1.54) is 13.0 Å². The Bertz CT molecular complexity index is 1190. The van der Waals surface area contributed by atoms with E-state index in [0.29, 0.717) is 15.7 Å². The molecule has 10 nitrogen and oxygen atoms in total. The number of phosphoric acid groups is 1. The van der Waals surface area contributed by atoms with Crippen LogP contribution in [0.15, 0.2) is 35.3 Å². The van der Waals surface area contributed by atoms with Crippen molar-refractivity contribution in [2.75, 3.05) is 6.61 Å². The molecule has 0 radical (unpaired) electrons. The maximum absolute atomic E-state index is 15.4. The molecule has 3 heterocycles. The minimum absolute atomic E-state index is 0.0812. The normalized spacial score (nSPS) is 36.1. The predicted octanol–water partition coefficient (Wildman–Crippen LogP) is 1.86. The monoisotopic (exact) mass is 461 g/mol. The van der Waals surface area contributed by atoms with Crippen LogP contribution in [0.1, 0.15) is 18.7 Å². The van der Waals surface area contributed by atoms with E-state index in [0.717, 1.165) is 6.20 Å². The highest BCUT2D eigenvalue weighted by Gasteiger charge is 2.57. The lowest BCUT2D eigenvalue weighted by Crippen LogP contribution is -2.43. The summed E-state index contributed by atoms with van der Waals surface area (Å²) in [7, 11) is -4.29. The number of aliphatic hydroxyl groups is 2. The molecular formula is C17H18FN2O8PS. The number of aromatic nitrogens is 2. The second kappa shape index (κ2) is 7.65. The molecule has 30 heavy (non-hydrogen) atoms. The average molecular weight is 461 g/mol. The summed E-state index contributed by atoms with van der Waals surface area (Å²) in [5.41, 5.74) is -0.0296. The standard InChI is InChI=1S/C17H18FN2O8PS/c1-9-6-20(16(23)19-14(9)30)15-12(21)13(22)17(18,27-15)8-26-29(24)25-7-10-4-2-3-5-11(10)28-29/h2-6,12-13,15,21-22H,7-8H2,1H3,(H,19,23,30)/t12-,13+,15-,17-,29?/m1/s1/i15D. The number of H-pyrrole nitrogens is 1. The van der Waals surface area contributed by atoms with Crippen molar-refractivity contribution in [2.24, 2.45) is 0 Å². The molecule has 1 unspecified atom stereocenters. The molecule has 0 saturated carbocycles. The number of aliphatic hydroxyl groups excluding tert-OH is 2. The lowest BCUT2D eigenvalue weighted by molar-refractivity contribution is -0.205. The van der Waals surface area contributed by atoms with E-state index in [-0.39, 0.29) is 17.0 Å².